The van der Waals surface area contributed by atoms with Crippen molar-refractivity contribution in [2.75, 3.05) is 31.1 Å². The minimum atomic E-state index is 0.213. The summed E-state index contributed by atoms with van der Waals surface area (Å²) >= 11 is 0. The summed E-state index contributed by atoms with van der Waals surface area (Å²) in [6.07, 6.45) is 8.57. The van der Waals surface area contributed by atoms with Gasteiger partial charge in [-0.15, -0.1) is 0 Å². The summed E-state index contributed by atoms with van der Waals surface area (Å²) in [7, 11) is 0. The molecule has 120 valence electrons. The summed E-state index contributed by atoms with van der Waals surface area (Å²) < 4.78 is 0. The molecule has 1 atom stereocenters. The maximum atomic E-state index is 12.6. The number of aromatic nitrogens is 2. The van der Waals surface area contributed by atoms with E-state index in [-0.39, 0.29) is 11.3 Å². The van der Waals surface area contributed by atoms with Gasteiger partial charge in [0.25, 0.3) is 0 Å². The molecule has 0 N–H and O–H groups in total. The summed E-state index contributed by atoms with van der Waals surface area (Å²) in [5, 5.41) is 9.17. The van der Waals surface area contributed by atoms with E-state index in [0.29, 0.717) is 17.4 Å². The molecule has 3 aliphatic rings. The Balaban J connectivity index is 1.40. The first-order chi connectivity index (χ1) is 11.2. The van der Waals surface area contributed by atoms with Crippen molar-refractivity contribution in [3.63, 3.8) is 0 Å². The zero-order valence-electron chi connectivity index (χ0n) is 13.2. The van der Waals surface area contributed by atoms with Crippen LogP contribution < -0.4 is 4.90 Å². The highest BCUT2D eigenvalue weighted by atomic mass is 16.2. The van der Waals surface area contributed by atoms with Crippen molar-refractivity contribution in [3.05, 3.63) is 18.1 Å². The minimum absolute atomic E-state index is 0.213. The smallest absolute Gasteiger partial charge is 0.226 e. The molecule has 0 aromatic carbocycles. The predicted molar refractivity (Wildman–Crippen MR) is 84.5 cm³/mol. The molecule has 0 unspecified atom stereocenters. The number of carbonyl (C=O) groups is 1. The van der Waals surface area contributed by atoms with Crippen molar-refractivity contribution in [3.8, 4) is 6.07 Å². The molecule has 1 aromatic rings. The van der Waals surface area contributed by atoms with Crippen LogP contribution in [0.4, 0.5) is 5.82 Å². The molecular weight excluding hydrogens is 290 g/mol. The Bertz CT molecular complexity index is 653. The van der Waals surface area contributed by atoms with Crippen LogP contribution in [-0.2, 0) is 4.79 Å². The van der Waals surface area contributed by atoms with E-state index >= 15 is 0 Å². The van der Waals surface area contributed by atoms with E-state index in [1.165, 1.54) is 0 Å². The van der Waals surface area contributed by atoms with E-state index in [4.69, 9.17) is 0 Å². The predicted octanol–water partition coefficient (Wildman–Crippen LogP) is 1.58. The molecule has 0 radical (unpaired) electrons. The van der Waals surface area contributed by atoms with Crippen molar-refractivity contribution in [2.24, 2.45) is 11.3 Å². The summed E-state index contributed by atoms with van der Waals surface area (Å²) in [4.78, 5) is 25.2. The molecule has 3 fully saturated rings. The molecule has 0 bridgehead atoms. The number of piperidine rings is 1. The second kappa shape index (κ2) is 5.48. The van der Waals surface area contributed by atoms with E-state index in [1.54, 1.807) is 12.4 Å². The number of carbonyl (C=O) groups excluding carboxylic acids is 1. The van der Waals surface area contributed by atoms with Gasteiger partial charge < -0.3 is 9.80 Å². The molecular formula is C17H21N5O. The molecule has 1 saturated carbocycles. The fourth-order valence-corrected chi connectivity index (χ4v) is 4.21. The Morgan fingerprint density at radius 1 is 1.17 bits per heavy atom. The van der Waals surface area contributed by atoms with Crippen LogP contribution in [0, 0.1) is 22.7 Å². The van der Waals surface area contributed by atoms with Gasteiger partial charge in [0.2, 0.25) is 5.91 Å². The number of hydrogen-bond acceptors (Lipinski definition) is 5. The molecule has 1 aromatic heterocycles. The number of amides is 1. The van der Waals surface area contributed by atoms with Gasteiger partial charge in [0.1, 0.15) is 6.07 Å². The van der Waals surface area contributed by atoms with Crippen LogP contribution in [0.15, 0.2) is 12.4 Å². The van der Waals surface area contributed by atoms with E-state index in [2.05, 4.69) is 25.8 Å². The monoisotopic (exact) mass is 311 g/mol. The lowest BCUT2D eigenvalue weighted by Crippen LogP contribution is -2.38. The summed E-state index contributed by atoms with van der Waals surface area (Å²) in [6, 6.07) is 2.12. The number of nitrogens with zero attached hydrogens (tertiary/aromatic N) is 5. The summed E-state index contributed by atoms with van der Waals surface area (Å²) in [6.45, 7) is 3.61. The second-order valence-electron chi connectivity index (χ2n) is 6.98. The quantitative estimate of drug-likeness (QED) is 0.829. The van der Waals surface area contributed by atoms with Crippen molar-refractivity contribution < 1.29 is 4.79 Å². The fraction of sp³-hybridized carbons (Fsp3) is 0.647. The maximum absolute atomic E-state index is 12.6. The third-order valence-electron chi connectivity index (χ3n) is 5.75. The number of rotatable bonds is 2. The average Bonchev–Trinajstić information content (AvgIpc) is 3.03. The van der Waals surface area contributed by atoms with Crippen molar-refractivity contribution in [1.82, 2.24) is 14.9 Å². The lowest BCUT2D eigenvalue weighted by Gasteiger charge is -2.34. The van der Waals surface area contributed by atoms with Crippen molar-refractivity contribution in [2.45, 2.75) is 32.1 Å². The highest BCUT2D eigenvalue weighted by Crippen LogP contribution is 2.60. The van der Waals surface area contributed by atoms with Gasteiger partial charge in [-0.2, -0.15) is 5.26 Å². The van der Waals surface area contributed by atoms with Gasteiger partial charge in [-0.3, -0.25) is 4.79 Å². The minimum Gasteiger partial charge on any atom is -0.354 e. The Morgan fingerprint density at radius 2 is 1.87 bits per heavy atom. The first-order valence-electron chi connectivity index (χ1n) is 8.48. The summed E-state index contributed by atoms with van der Waals surface area (Å²) in [5.41, 5.74) is 0.606. The van der Waals surface area contributed by atoms with Crippen LogP contribution in [0.5, 0.6) is 0 Å². The average molecular weight is 311 g/mol. The highest BCUT2D eigenvalue weighted by molar-refractivity contribution is 5.83. The third-order valence-corrected chi connectivity index (χ3v) is 5.75. The zero-order chi connectivity index (χ0) is 15.9. The van der Waals surface area contributed by atoms with Gasteiger partial charge >= 0.3 is 0 Å². The van der Waals surface area contributed by atoms with Gasteiger partial charge in [-0.05, 0) is 37.5 Å². The van der Waals surface area contributed by atoms with Gasteiger partial charge in [0, 0.05) is 44.5 Å². The standard InChI is InChI=1S/C17H21N5O/c18-12-14-15(20-6-5-19-14)21-9-3-17(4-10-21)11-13(17)16(23)22-7-1-2-8-22/h5-6,13H,1-4,7-11H2/t13-/m1/s1. The summed E-state index contributed by atoms with van der Waals surface area (Å²) in [5.74, 6) is 1.31. The van der Waals surface area contributed by atoms with Gasteiger partial charge in [0.15, 0.2) is 11.5 Å². The Labute approximate surface area is 136 Å². The van der Waals surface area contributed by atoms with Crippen LogP contribution in [0.2, 0.25) is 0 Å². The lowest BCUT2D eigenvalue weighted by molar-refractivity contribution is -0.132. The third kappa shape index (κ3) is 2.44. The number of likely N-dealkylation sites (tertiary alicyclic amines) is 1. The fourth-order valence-electron chi connectivity index (χ4n) is 4.21. The molecule has 1 amide bonds. The molecule has 4 rings (SSSR count). The lowest BCUT2D eigenvalue weighted by atomic mass is 9.90. The maximum Gasteiger partial charge on any atom is 0.226 e. The second-order valence-corrected chi connectivity index (χ2v) is 6.98. The zero-order valence-corrected chi connectivity index (χ0v) is 13.2. The molecule has 6 nitrogen and oxygen atoms in total. The number of nitriles is 1. The van der Waals surface area contributed by atoms with Gasteiger partial charge in [0.05, 0.1) is 0 Å². The van der Waals surface area contributed by atoms with Crippen molar-refractivity contribution >= 4 is 11.7 Å². The molecule has 1 aliphatic carbocycles. The van der Waals surface area contributed by atoms with E-state index in [9.17, 15) is 10.1 Å². The van der Waals surface area contributed by atoms with Gasteiger partial charge in [-0.1, -0.05) is 0 Å². The molecule has 6 heteroatoms. The highest BCUT2D eigenvalue weighted by Gasteiger charge is 2.59. The largest absolute Gasteiger partial charge is 0.354 e. The Morgan fingerprint density at radius 3 is 2.57 bits per heavy atom. The Kier molecular flexibility index (Phi) is 3.44. The first kappa shape index (κ1) is 14.4. The van der Waals surface area contributed by atoms with E-state index < -0.39 is 0 Å². The number of hydrogen-bond donors (Lipinski definition) is 0. The number of anilines is 1. The molecule has 3 heterocycles. The van der Waals surface area contributed by atoms with Crippen molar-refractivity contribution in [1.29, 1.82) is 5.26 Å². The molecule has 2 aliphatic heterocycles. The molecule has 23 heavy (non-hydrogen) atoms. The van der Waals surface area contributed by atoms with Gasteiger partial charge in [-0.25, -0.2) is 9.97 Å². The van der Waals surface area contributed by atoms with E-state index in [1.807, 2.05) is 0 Å². The Hall–Kier alpha value is -2.16. The van der Waals surface area contributed by atoms with Crippen LogP contribution in [0.1, 0.15) is 37.8 Å². The van der Waals surface area contributed by atoms with Crippen LogP contribution in [0.25, 0.3) is 0 Å². The topological polar surface area (TPSA) is 73.1 Å². The SMILES string of the molecule is N#Cc1nccnc1N1CCC2(CC1)C[C@@H]2C(=O)N1CCCC1. The van der Waals surface area contributed by atoms with Crippen LogP contribution >= 0.6 is 0 Å². The first-order valence-corrected chi connectivity index (χ1v) is 8.48. The molecule has 1 spiro atoms. The normalized spacial score (nSPS) is 25.4. The van der Waals surface area contributed by atoms with Crippen LogP contribution in [0.3, 0.4) is 0 Å². The van der Waals surface area contributed by atoms with E-state index in [0.717, 1.165) is 58.3 Å². The molecule has 2 saturated heterocycles. The van der Waals surface area contributed by atoms with Crippen LogP contribution in [-0.4, -0.2) is 47.0 Å².